The lowest BCUT2D eigenvalue weighted by Gasteiger charge is -2.09. The SMILES string of the molecule is C=CCCc1nc(C(C)CC)nn1Cc1ccc(-c2ccccc2C(=O)O)cc1. The molecule has 0 saturated carbocycles. The highest BCUT2D eigenvalue weighted by atomic mass is 16.4. The van der Waals surface area contributed by atoms with Crippen LogP contribution in [0.15, 0.2) is 61.2 Å². The Hall–Kier alpha value is -3.21. The van der Waals surface area contributed by atoms with Crippen molar-refractivity contribution in [3.63, 3.8) is 0 Å². The predicted octanol–water partition coefficient (Wildman–Crippen LogP) is 5.32. The highest BCUT2D eigenvalue weighted by Gasteiger charge is 2.15. The van der Waals surface area contributed by atoms with E-state index in [9.17, 15) is 9.90 Å². The van der Waals surface area contributed by atoms with Crippen LogP contribution in [0.2, 0.25) is 0 Å². The van der Waals surface area contributed by atoms with E-state index in [-0.39, 0.29) is 0 Å². The molecule has 2 aromatic carbocycles. The molecule has 0 fully saturated rings. The van der Waals surface area contributed by atoms with Gasteiger partial charge in [-0.05, 0) is 35.6 Å². The monoisotopic (exact) mass is 389 g/mol. The van der Waals surface area contributed by atoms with Crippen LogP contribution in [0.5, 0.6) is 0 Å². The van der Waals surface area contributed by atoms with Gasteiger partial charge in [0.05, 0.1) is 12.1 Å². The molecule has 3 rings (SSSR count). The minimum Gasteiger partial charge on any atom is -0.478 e. The first-order valence-electron chi connectivity index (χ1n) is 9.99. The number of aryl methyl sites for hydroxylation is 1. The number of allylic oxidation sites excluding steroid dienone is 1. The Labute approximate surface area is 171 Å². The maximum atomic E-state index is 11.5. The van der Waals surface area contributed by atoms with E-state index >= 15 is 0 Å². The zero-order valence-electron chi connectivity index (χ0n) is 17.0. The van der Waals surface area contributed by atoms with Crippen molar-refractivity contribution in [2.24, 2.45) is 0 Å². The van der Waals surface area contributed by atoms with E-state index in [1.54, 1.807) is 12.1 Å². The molecule has 0 aliphatic carbocycles. The van der Waals surface area contributed by atoms with Crippen LogP contribution in [0.25, 0.3) is 11.1 Å². The van der Waals surface area contributed by atoms with E-state index in [0.29, 0.717) is 18.0 Å². The van der Waals surface area contributed by atoms with E-state index in [1.165, 1.54) is 0 Å². The first-order chi connectivity index (χ1) is 14.0. The van der Waals surface area contributed by atoms with Crippen molar-refractivity contribution in [3.8, 4) is 11.1 Å². The highest BCUT2D eigenvalue weighted by molar-refractivity contribution is 5.95. The summed E-state index contributed by atoms with van der Waals surface area (Å²) in [6.07, 6.45) is 4.58. The summed E-state index contributed by atoms with van der Waals surface area (Å²) in [5, 5.41) is 14.2. The average Bonchev–Trinajstić information content (AvgIpc) is 3.14. The van der Waals surface area contributed by atoms with Crippen molar-refractivity contribution in [2.75, 3.05) is 0 Å². The van der Waals surface area contributed by atoms with Crippen LogP contribution >= 0.6 is 0 Å². The quantitative estimate of drug-likeness (QED) is 0.503. The minimum absolute atomic E-state index is 0.307. The summed E-state index contributed by atoms with van der Waals surface area (Å²) >= 11 is 0. The molecule has 0 radical (unpaired) electrons. The Kier molecular flexibility index (Phi) is 6.60. The molecule has 0 saturated heterocycles. The molecule has 29 heavy (non-hydrogen) atoms. The third-order valence-corrected chi connectivity index (χ3v) is 5.14. The fraction of sp³-hybridized carbons (Fsp3) is 0.292. The molecule has 0 spiro atoms. The number of hydrogen-bond acceptors (Lipinski definition) is 3. The van der Waals surface area contributed by atoms with Gasteiger partial charge in [0.15, 0.2) is 5.82 Å². The van der Waals surface area contributed by atoms with Gasteiger partial charge in [-0.1, -0.05) is 62.4 Å². The lowest BCUT2D eigenvalue weighted by atomic mass is 9.99. The molecule has 0 bridgehead atoms. The molecule has 0 aliphatic rings. The van der Waals surface area contributed by atoms with Crippen molar-refractivity contribution < 1.29 is 9.90 Å². The normalized spacial score (nSPS) is 11.9. The predicted molar refractivity (Wildman–Crippen MR) is 115 cm³/mol. The number of aromatic carboxylic acids is 1. The standard InChI is InChI=1S/C24H27N3O2/c1-4-6-11-22-25-23(17(3)5-2)26-27(22)16-18-12-14-19(15-13-18)20-9-7-8-10-21(20)24(28)29/h4,7-10,12-15,17H,1,5-6,11,16H2,2-3H3,(H,28,29). The number of carboxylic acids is 1. The minimum atomic E-state index is -0.920. The molecule has 5 heteroatoms. The fourth-order valence-electron chi connectivity index (χ4n) is 3.21. The van der Waals surface area contributed by atoms with Crippen molar-refractivity contribution in [3.05, 3.63) is 84.0 Å². The van der Waals surface area contributed by atoms with Gasteiger partial charge in [-0.25, -0.2) is 14.5 Å². The molecule has 1 atom stereocenters. The summed E-state index contributed by atoms with van der Waals surface area (Å²) in [4.78, 5) is 16.2. The number of aromatic nitrogens is 3. The fourth-order valence-corrected chi connectivity index (χ4v) is 3.21. The summed E-state index contributed by atoms with van der Waals surface area (Å²) in [5.74, 6) is 1.27. The molecule has 1 unspecified atom stereocenters. The maximum absolute atomic E-state index is 11.5. The van der Waals surface area contributed by atoms with Gasteiger partial charge < -0.3 is 5.11 Å². The van der Waals surface area contributed by atoms with Gasteiger partial charge in [0.25, 0.3) is 0 Å². The molecule has 3 aromatic rings. The van der Waals surface area contributed by atoms with Crippen molar-refractivity contribution in [2.45, 2.75) is 45.6 Å². The summed E-state index contributed by atoms with van der Waals surface area (Å²) in [5.41, 5.74) is 3.01. The average molecular weight is 389 g/mol. The van der Waals surface area contributed by atoms with Crippen molar-refractivity contribution in [1.82, 2.24) is 14.8 Å². The van der Waals surface area contributed by atoms with Gasteiger partial charge in [0.2, 0.25) is 0 Å². The number of carbonyl (C=O) groups is 1. The number of rotatable bonds is 9. The van der Waals surface area contributed by atoms with Gasteiger partial charge in [0.1, 0.15) is 5.82 Å². The Bertz CT molecular complexity index is 990. The highest BCUT2D eigenvalue weighted by Crippen LogP contribution is 2.24. The van der Waals surface area contributed by atoms with Gasteiger partial charge in [0, 0.05) is 12.3 Å². The number of nitrogens with zero attached hydrogens (tertiary/aromatic N) is 3. The molecule has 0 aliphatic heterocycles. The van der Waals surface area contributed by atoms with Gasteiger partial charge in [-0.15, -0.1) is 6.58 Å². The van der Waals surface area contributed by atoms with Crippen LogP contribution in [0, 0.1) is 0 Å². The molecule has 1 heterocycles. The third kappa shape index (κ3) is 4.80. The Morgan fingerprint density at radius 1 is 1.21 bits per heavy atom. The maximum Gasteiger partial charge on any atom is 0.336 e. The van der Waals surface area contributed by atoms with Crippen LogP contribution in [0.4, 0.5) is 0 Å². The number of carboxylic acid groups (broad SMARTS) is 1. The third-order valence-electron chi connectivity index (χ3n) is 5.14. The van der Waals surface area contributed by atoms with Gasteiger partial charge in [-0.3, -0.25) is 0 Å². The largest absolute Gasteiger partial charge is 0.478 e. The first kappa shape index (κ1) is 20.5. The van der Waals surface area contributed by atoms with Gasteiger partial charge in [-0.2, -0.15) is 5.10 Å². The van der Waals surface area contributed by atoms with Crippen LogP contribution < -0.4 is 0 Å². The van der Waals surface area contributed by atoms with Crippen LogP contribution in [-0.4, -0.2) is 25.8 Å². The number of hydrogen-bond donors (Lipinski definition) is 1. The molecule has 1 N–H and O–H groups in total. The smallest absolute Gasteiger partial charge is 0.336 e. The Morgan fingerprint density at radius 2 is 1.93 bits per heavy atom. The zero-order chi connectivity index (χ0) is 20.8. The van der Waals surface area contributed by atoms with E-state index in [2.05, 4.69) is 20.4 Å². The van der Waals surface area contributed by atoms with Crippen molar-refractivity contribution in [1.29, 1.82) is 0 Å². The Balaban J connectivity index is 1.85. The molecule has 1 aromatic heterocycles. The van der Waals surface area contributed by atoms with Gasteiger partial charge >= 0.3 is 5.97 Å². The molecular weight excluding hydrogens is 362 g/mol. The Morgan fingerprint density at radius 3 is 2.59 bits per heavy atom. The summed E-state index contributed by atoms with van der Waals surface area (Å²) < 4.78 is 1.98. The summed E-state index contributed by atoms with van der Waals surface area (Å²) in [6.45, 7) is 8.73. The van der Waals surface area contributed by atoms with Crippen molar-refractivity contribution >= 4 is 5.97 Å². The first-order valence-corrected chi connectivity index (χ1v) is 9.99. The zero-order valence-corrected chi connectivity index (χ0v) is 17.0. The molecule has 0 amide bonds. The second kappa shape index (κ2) is 9.32. The molecular formula is C24H27N3O2. The second-order valence-electron chi connectivity index (χ2n) is 7.23. The van der Waals surface area contributed by atoms with E-state index in [4.69, 9.17) is 10.1 Å². The topological polar surface area (TPSA) is 68.0 Å². The molecule has 150 valence electrons. The van der Waals surface area contributed by atoms with Crippen LogP contribution in [0.1, 0.15) is 60.2 Å². The van der Waals surface area contributed by atoms with E-state index < -0.39 is 5.97 Å². The summed E-state index contributed by atoms with van der Waals surface area (Å²) in [6, 6.07) is 15.0. The van der Waals surface area contributed by atoms with E-state index in [0.717, 1.165) is 47.6 Å². The molecule has 5 nitrogen and oxygen atoms in total. The van der Waals surface area contributed by atoms with Crippen LogP contribution in [-0.2, 0) is 13.0 Å². The summed E-state index contributed by atoms with van der Waals surface area (Å²) in [7, 11) is 0. The van der Waals surface area contributed by atoms with E-state index in [1.807, 2.05) is 47.2 Å². The number of benzene rings is 2. The lowest BCUT2D eigenvalue weighted by molar-refractivity contribution is 0.0697. The van der Waals surface area contributed by atoms with Crippen LogP contribution in [0.3, 0.4) is 0 Å². The second-order valence-corrected chi connectivity index (χ2v) is 7.23. The lowest BCUT2D eigenvalue weighted by Crippen LogP contribution is -2.07.